The molecule has 84 valence electrons. The molecule has 0 aromatic carbocycles. The van der Waals surface area contributed by atoms with Gasteiger partial charge in [-0.2, -0.15) is 9.61 Å². The maximum atomic E-state index is 11.6. The van der Waals surface area contributed by atoms with E-state index in [1.165, 1.54) is 10.6 Å². The van der Waals surface area contributed by atoms with Gasteiger partial charge in [-0.25, -0.2) is 0 Å². The maximum Gasteiger partial charge on any atom is 0.274 e. The van der Waals surface area contributed by atoms with Gasteiger partial charge >= 0.3 is 0 Å². The minimum absolute atomic E-state index is 0.174. The van der Waals surface area contributed by atoms with Crippen molar-refractivity contribution in [3.63, 3.8) is 0 Å². The Morgan fingerprint density at radius 2 is 2.12 bits per heavy atom. The average molecular weight is 227 g/mol. The van der Waals surface area contributed by atoms with Crippen molar-refractivity contribution in [1.29, 1.82) is 0 Å². The maximum absolute atomic E-state index is 11.6. The predicted molar refractivity (Wildman–Crippen MR) is 61.6 cm³/mol. The Morgan fingerprint density at radius 1 is 1.29 bits per heavy atom. The lowest BCUT2D eigenvalue weighted by Crippen LogP contribution is -2.12. The summed E-state index contributed by atoms with van der Waals surface area (Å²) in [5, 5.41) is 4.21. The van der Waals surface area contributed by atoms with Crippen LogP contribution in [0.2, 0.25) is 0 Å². The molecule has 3 heterocycles. The number of aryl methyl sites for hydroxylation is 1. The summed E-state index contributed by atoms with van der Waals surface area (Å²) in [6.07, 6.45) is 4.82. The summed E-state index contributed by atoms with van der Waals surface area (Å²) in [4.78, 5) is 22.9. The van der Waals surface area contributed by atoms with Gasteiger partial charge in [-0.3, -0.25) is 14.8 Å². The fourth-order valence-corrected chi connectivity index (χ4v) is 1.70. The van der Waals surface area contributed by atoms with Gasteiger partial charge in [0, 0.05) is 30.7 Å². The lowest BCUT2D eigenvalue weighted by atomic mass is 10.2. The molecule has 0 bridgehead atoms. The number of nitrogens with zero attached hydrogens (tertiary/aromatic N) is 4. The minimum atomic E-state index is -0.174. The van der Waals surface area contributed by atoms with E-state index >= 15 is 0 Å². The molecule has 17 heavy (non-hydrogen) atoms. The van der Waals surface area contributed by atoms with E-state index in [1.807, 2.05) is 6.92 Å². The first kappa shape index (κ1) is 9.71. The van der Waals surface area contributed by atoms with Crippen LogP contribution in [0.15, 0.2) is 35.5 Å². The molecule has 3 aromatic rings. The second-order valence-electron chi connectivity index (χ2n) is 3.63. The van der Waals surface area contributed by atoms with Crippen LogP contribution < -0.4 is 5.56 Å². The molecule has 0 unspecified atom stereocenters. The third-order valence-corrected chi connectivity index (χ3v) is 2.50. The highest BCUT2D eigenvalue weighted by atomic mass is 16.1. The van der Waals surface area contributed by atoms with Crippen molar-refractivity contribution in [3.05, 3.63) is 46.8 Å². The van der Waals surface area contributed by atoms with E-state index in [9.17, 15) is 4.79 Å². The lowest BCUT2D eigenvalue weighted by molar-refractivity contribution is 0.898. The summed E-state index contributed by atoms with van der Waals surface area (Å²) in [5.41, 5.74) is 2.56. The molecule has 0 atom stereocenters. The zero-order valence-electron chi connectivity index (χ0n) is 9.08. The van der Waals surface area contributed by atoms with Gasteiger partial charge in [0.25, 0.3) is 5.56 Å². The Morgan fingerprint density at radius 3 is 2.88 bits per heavy atom. The number of rotatable bonds is 1. The van der Waals surface area contributed by atoms with Crippen LogP contribution >= 0.6 is 0 Å². The van der Waals surface area contributed by atoms with Crippen LogP contribution in [0.3, 0.4) is 0 Å². The molecular weight excluding hydrogens is 218 g/mol. The monoisotopic (exact) mass is 227 g/mol. The van der Waals surface area contributed by atoms with Crippen LogP contribution in [0.5, 0.6) is 0 Å². The quantitative estimate of drug-likeness (QED) is 0.666. The van der Waals surface area contributed by atoms with Crippen LogP contribution in [-0.2, 0) is 0 Å². The average Bonchev–Trinajstić information content (AvgIpc) is 2.75. The van der Waals surface area contributed by atoms with Gasteiger partial charge in [0.05, 0.1) is 5.69 Å². The van der Waals surface area contributed by atoms with Gasteiger partial charge < -0.3 is 4.98 Å². The van der Waals surface area contributed by atoms with E-state index in [4.69, 9.17) is 0 Å². The van der Waals surface area contributed by atoms with E-state index < -0.39 is 0 Å². The summed E-state index contributed by atoms with van der Waals surface area (Å²) in [5.74, 6) is 0. The Bertz CT molecular complexity index is 743. The molecule has 0 saturated carbocycles. The lowest BCUT2D eigenvalue weighted by Gasteiger charge is -1.97. The second kappa shape index (κ2) is 3.51. The summed E-state index contributed by atoms with van der Waals surface area (Å²) in [6, 6.07) is 3.20. The van der Waals surface area contributed by atoms with E-state index in [-0.39, 0.29) is 5.56 Å². The molecule has 0 radical (unpaired) electrons. The number of hydrogen-bond donors (Lipinski definition) is 1. The van der Waals surface area contributed by atoms with Gasteiger partial charge in [-0.05, 0) is 6.92 Å². The first-order valence-corrected chi connectivity index (χ1v) is 5.11. The van der Waals surface area contributed by atoms with E-state index in [0.717, 1.165) is 5.69 Å². The number of nitrogens with one attached hydrogen (secondary N) is 1. The molecule has 6 heteroatoms. The number of hydrogen-bond acceptors (Lipinski definition) is 4. The van der Waals surface area contributed by atoms with Gasteiger partial charge in [-0.1, -0.05) is 0 Å². The van der Waals surface area contributed by atoms with Gasteiger partial charge in [0.2, 0.25) is 0 Å². The summed E-state index contributed by atoms with van der Waals surface area (Å²) >= 11 is 0. The molecule has 0 aliphatic heterocycles. The molecular formula is C11H9N5O. The zero-order valence-corrected chi connectivity index (χ0v) is 9.08. The Balaban J connectivity index is 2.30. The summed E-state index contributed by atoms with van der Waals surface area (Å²) < 4.78 is 1.31. The third kappa shape index (κ3) is 1.50. The van der Waals surface area contributed by atoms with Crippen molar-refractivity contribution in [2.45, 2.75) is 6.92 Å². The van der Waals surface area contributed by atoms with Crippen LogP contribution in [0.4, 0.5) is 0 Å². The molecule has 0 fully saturated rings. The molecule has 0 amide bonds. The molecule has 0 aliphatic carbocycles. The first-order valence-electron chi connectivity index (χ1n) is 5.11. The van der Waals surface area contributed by atoms with Crippen LogP contribution in [0.1, 0.15) is 5.69 Å². The van der Waals surface area contributed by atoms with Crippen molar-refractivity contribution >= 4 is 5.65 Å². The van der Waals surface area contributed by atoms with Gasteiger partial charge in [-0.15, -0.1) is 0 Å². The molecule has 0 saturated heterocycles. The highest BCUT2D eigenvalue weighted by Crippen LogP contribution is 2.17. The van der Waals surface area contributed by atoms with Crippen molar-refractivity contribution in [3.8, 4) is 11.4 Å². The molecule has 0 aliphatic rings. The smallest absolute Gasteiger partial charge is 0.274 e. The van der Waals surface area contributed by atoms with Crippen LogP contribution in [0.25, 0.3) is 17.0 Å². The van der Waals surface area contributed by atoms with Crippen molar-refractivity contribution < 1.29 is 0 Å². The number of H-pyrrole nitrogens is 1. The molecule has 3 rings (SSSR count). The Labute approximate surface area is 96.0 Å². The SMILES string of the molecule is Cc1nccnc1-c1cc2[nH]ccc(=O)n2n1. The van der Waals surface area contributed by atoms with Crippen molar-refractivity contribution in [1.82, 2.24) is 24.6 Å². The number of aromatic nitrogens is 5. The minimum Gasteiger partial charge on any atom is -0.346 e. The number of aromatic amines is 1. The highest BCUT2D eigenvalue weighted by Gasteiger charge is 2.09. The fraction of sp³-hybridized carbons (Fsp3) is 0.0909. The normalized spacial score (nSPS) is 10.9. The summed E-state index contributed by atoms with van der Waals surface area (Å²) in [7, 11) is 0. The zero-order chi connectivity index (χ0) is 11.8. The van der Waals surface area contributed by atoms with Crippen molar-refractivity contribution in [2.24, 2.45) is 0 Å². The third-order valence-electron chi connectivity index (χ3n) is 2.50. The molecule has 6 nitrogen and oxygen atoms in total. The van der Waals surface area contributed by atoms with Crippen LogP contribution in [0, 0.1) is 6.92 Å². The topological polar surface area (TPSA) is 75.9 Å². The van der Waals surface area contributed by atoms with E-state index in [2.05, 4.69) is 20.1 Å². The predicted octanol–water partition coefficient (Wildman–Crippen LogP) is 0.788. The molecule has 0 spiro atoms. The second-order valence-corrected chi connectivity index (χ2v) is 3.63. The van der Waals surface area contributed by atoms with Gasteiger partial charge in [0.1, 0.15) is 17.0 Å². The number of fused-ring (bicyclic) bond motifs is 1. The van der Waals surface area contributed by atoms with Crippen LogP contribution in [-0.4, -0.2) is 24.6 Å². The van der Waals surface area contributed by atoms with Gasteiger partial charge in [0.15, 0.2) is 0 Å². The van der Waals surface area contributed by atoms with Crippen molar-refractivity contribution in [2.75, 3.05) is 0 Å². The standard InChI is InChI=1S/C11H9N5O/c1-7-11(14-5-4-12-7)8-6-9-13-3-2-10(17)16(9)15-8/h2-6,13H,1H3. The Hall–Kier alpha value is -2.50. The molecule has 3 aromatic heterocycles. The Kier molecular flexibility index (Phi) is 2.01. The van der Waals surface area contributed by atoms with E-state index in [1.54, 1.807) is 24.7 Å². The first-order chi connectivity index (χ1) is 8.25. The van der Waals surface area contributed by atoms with E-state index in [0.29, 0.717) is 17.0 Å². The summed E-state index contributed by atoms with van der Waals surface area (Å²) in [6.45, 7) is 1.86. The highest BCUT2D eigenvalue weighted by molar-refractivity contribution is 5.61. The molecule has 1 N–H and O–H groups in total. The largest absolute Gasteiger partial charge is 0.346 e. The fourth-order valence-electron chi connectivity index (χ4n) is 1.70.